The normalized spacial score (nSPS) is 16.7. The Labute approximate surface area is 175 Å². The molecule has 1 aliphatic heterocycles. The van der Waals surface area contributed by atoms with Crippen LogP contribution in [0.4, 0.5) is 0 Å². The Morgan fingerprint density at radius 2 is 2.14 bits per heavy atom. The van der Waals surface area contributed by atoms with E-state index in [1.165, 1.54) is 0 Å². The molecular weight excluding hydrogens is 388 g/mol. The van der Waals surface area contributed by atoms with Gasteiger partial charge < -0.3 is 14.5 Å². The maximum Gasteiger partial charge on any atom is 0.258 e. The van der Waals surface area contributed by atoms with Crippen LogP contribution in [0.15, 0.2) is 35.1 Å². The average Bonchev–Trinajstić information content (AvgIpc) is 3.20. The number of halogens is 1. The summed E-state index contributed by atoms with van der Waals surface area (Å²) in [5, 5.41) is 1.14. The molecule has 152 valence electrons. The maximum atomic E-state index is 12.5. The molecule has 1 unspecified atom stereocenters. The van der Waals surface area contributed by atoms with E-state index in [1.54, 1.807) is 6.92 Å². The number of H-pyrrole nitrogens is 1. The largest absolute Gasteiger partial charge is 0.489 e. The molecule has 1 atom stereocenters. The van der Waals surface area contributed by atoms with Crippen molar-refractivity contribution in [3.05, 3.63) is 57.1 Å². The van der Waals surface area contributed by atoms with Gasteiger partial charge in [-0.2, -0.15) is 0 Å². The number of aryl methyl sites for hydroxylation is 1. The third-order valence-corrected chi connectivity index (χ3v) is 5.62. The van der Waals surface area contributed by atoms with Gasteiger partial charge in [-0.25, -0.2) is 4.98 Å². The lowest BCUT2D eigenvalue weighted by molar-refractivity contribution is 0.0680. The minimum Gasteiger partial charge on any atom is -0.489 e. The molecule has 0 aliphatic carbocycles. The summed E-state index contributed by atoms with van der Waals surface area (Å²) in [7, 11) is 0. The quantitative estimate of drug-likeness (QED) is 0.622. The Bertz CT molecular complexity index is 1100. The fraction of sp³-hybridized carbons (Fsp3) is 0.391. The van der Waals surface area contributed by atoms with Crippen molar-refractivity contribution >= 4 is 22.5 Å². The van der Waals surface area contributed by atoms with E-state index in [9.17, 15) is 4.79 Å². The zero-order valence-corrected chi connectivity index (χ0v) is 17.7. The predicted molar refractivity (Wildman–Crippen MR) is 116 cm³/mol. The number of aromatic amines is 1. The van der Waals surface area contributed by atoms with Gasteiger partial charge in [0, 0.05) is 6.61 Å². The van der Waals surface area contributed by atoms with Crippen molar-refractivity contribution in [2.75, 3.05) is 13.2 Å². The van der Waals surface area contributed by atoms with Crippen LogP contribution in [0.3, 0.4) is 0 Å². The molecule has 0 saturated carbocycles. The Morgan fingerprint density at radius 3 is 2.86 bits per heavy atom. The Hall–Kier alpha value is -2.37. The molecule has 1 aliphatic rings. The number of rotatable bonds is 5. The lowest BCUT2D eigenvalue weighted by atomic mass is 9.91. The van der Waals surface area contributed by atoms with E-state index in [-0.39, 0.29) is 17.6 Å². The first kappa shape index (κ1) is 19.9. The van der Waals surface area contributed by atoms with Crippen LogP contribution < -0.4 is 10.3 Å². The number of ether oxygens (including phenoxy) is 2. The number of nitrogens with one attached hydrogen (secondary N) is 1. The zero-order valence-electron chi connectivity index (χ0n) is 16.9. The lowest BCUT2D eigenvalue weighted by Gasteiger charge is -2.17. The highest BCUT2D eigenvalue weighted by atomic mass is 35.5. The first-order valence-corrected chi connectivity index (χ1v) is 10.4. The number of fused-ring (bicyclic) bond motifs is 1. The van der Waals surface area contributed by atoms with E-state index in [0.717, 1.165) is 36.1 Å². The second kappa shape index (κ2) is 8.17. The van der Waals surface area contributed by atoms with Crippen LogP contribution in [0.1, 0.15) is 44.0 Å². The minimum atomic E-state index is -0.132. The second-order valence-corrected chi connectivity index (χ2v) is 8.26. The van der Waals surface area contributed by atoms with E-state index < -0.39 is 0 Å². The molecule has 1 N–H and O–H groups in total. The van der Waals surface area contributed by atoms with Gasteiger partial charge in [0.2, 0.25) is 0 Å². The molecule has 4 rings (SSSR count). The van der Waals surface area contributed by atoms with Gasteiger partial charge in [0.25, 0.3) is 5.56 Å². The number of benzene rings is 2. The van der Waals surface area contributed by atoms with Gasteiger partial charge >= 0.3 is 0 Å². The highest BCUT2D eigenvalue weighted by Crippen LogP contribution is 2.36. The van der Waals surface area contributed by atoms with Gasteiger partial charge in [0.05, 0.1) is 22.0 Å². The lowest BCUT2D eigenvalue weighted by Crippen LogP contribution is -2.16. The van der Waals surface area contributed by atoms with Crippen molar-refractivity contribution in [3.8, 4) is 16.9 Å². The molecule has 6 heteroatoms. The van der Waals surface area contributed by atoms with Gasteiger partial charge in [0.15, 0.2) is 0 Å². The first-order valence-electron chi connectivity index (χ1n) is 10.0. The summed E-state index contributed by atoms with van der Waals surface area (Å²) in [6.07, 6.45) is 2.20. The van der Waals surface area contributed by atoms with E-state index in [1.807, 2.05) is 30.3 Å². The van der Waals surface area contributed by atoms with Crippen molar-refractivity contribution in [1.82, 2.24) is 9.97 Å². The monoisotopic (exact) mass is 412 g/mol. The Morgan fingerprint density at radius 1 is 1.31 bits per heavy atom. The maximum absolute atomic E-state index is 12.5. The molecule has 1 fully saturated rings. The van der Waals surface area contributed by atoms with Crippen molar-refractivity contribution in [2.24, 2.45) is 0 Å². The summed E-state index contributed by atoms with van der Waals surface area (Å²) in [5.74, 6) is 1.51. The summed E-state index contributed by atoms with van der Waals surface area (Å²) in [6, 6.07) is 9.68. The number of hydrogen-bond acceptors (Lipinski definition) is 4. The smallest absolute Gasteiger partial charge is 0.258 e. The third kappa shape index (κ3) is 4.16. The SMILES string of the molecule is Cc1nc2cc(C(C)C)c(-c3ccc(Cl)c(OCC4CCCO4)c3)cc2c(=O)[nH]1. The van der Waals surface area contributed by atoms with Crippen LogP contribution in [0.5, 0.6) is 5.75 Å². The fourth-order valence-corrected chi connectivity index (χ4v) is 3.96. The Kier molecular flexibility index (Phi) is 5.61. The van der Waals surface area contributed by atoms with Crippen molar-refractivity contribution < 1.29 is 9.47 Å². The molecule has 2 aromatic carbocycles. The summed E-state index contributed by atoms with van der Waals surface area (Å²) >= 11 is 6.38. The number of hydrogen-bond donors (Lipinski definition) is 1. The molecule has 1 saturated heterocycles. The Balaban J connectivity index is 1.77. The van der Waals surface area contributed by atoms with Crippen molar-refractivity contribution in [2.45, 2.75) is 45.6 Å². The summed E-state index contributed by atoms with van der Waals surface area (Å²) in [4.78, 5) is 19.8. The molecule has 2 heterocycles. The van der Waals surface area contributed by atoms with E-state index in [4.69, 9.17) is 21.1 Å². The fourth-order valence-electron chi connectivity index (χ4n) is 3.79. The molecule has 3 aromatic rings. The number of aromatic nitrogens is 2. The summed E-state index contributed by atoms with van der Waals surface area (Å²) in [6.45, 7) is 7.34. The van der Waals surface area contributed by atoms with Gasteiger partial charge in [-0.3, -0.25) is 4.79 Å². The van der Waals surface area contributed by atoms with Crippen LogP contribution in [-0.2, 0) is 4.74 Å². The van der Waals surface area contributed by atoms with Crippen LogP contribution >= 0.6 is 11.6 Å². The second-order valence-electron chi connectivity index (χ2n) is 7.85. The topological polar surface area (TPSA) is 64.2 Å². The first-order chi connectivity index (χ1) is 13.9. The summed E-state index contributed by atoms with van der Waals surface area (Å²) < 4.78 is 11.6. The highest BCUT2D eigenvalue weighted by Gasteiger charge is 2.18. The number of nitrogens with zero attached hydrogens (tertiary/aromatic N) is 1. The molecule has 5 nitrogen and oxygen atoms in total. The van der Waals surface area contributed by atoms with Gasteiger partial charge in [-0.05, 0) is 66.6 Å². The third-order valence-electron chi connectivity index (χ3n) is 5.31. The van der Waals surface area contributed by atoms with E-state index in [2.05, 4.69) is 23.8 Å². The van der Waals surface area contributed by atoms with Crippen LogP contribution in [0.25, 0.3) is 22.0 Å². The standard InChI is InChI=1S/C23H25ClN2O3/c1-13(2)17-11-21-19(23(27)26-14(3)25-21)10-18(17)15-6-7-20(24)22(9-15)29-12-16-5-4-8-28-16/h6-7,9-11,13,16H,4-5,8,12H2,1-3H3,(H,25,26,27). The zero-order chi connectivity index (χ0) is 20.5. The predicted octanol–water partition coefficient (Wildman–Crippen LogP) is 5.23. The average molecular weight is 413 g/mol. The highest BCUT2D eigenvalue weighted by molar-refractivity contribution is 6.32. The summed E-state index contributed by atoms with van der Waals surface area (Å²) in [5.41, 5.74) is 3.65. The van der Waals surface area contributed by atoms with Crippen LogP contribution in [-0.4, -0.2) is 29.3 Å². The minimum absolute atomic E-state index is 0.120. The molecule has 29 heavy (non-hydrogen) atoms. The van der Waals surface area contributed by atoms with Crippen LogP contribution in [0.2, 0.25) is 5.02 Å². The van der Waals surface area contributed by atoms with E-state index >= 15 is 0 Å². The van der Waals surface area contributed by atoms with Crippen LogP contribution in [0, 0.1) is 6.92 Å². The van der Waals surface area contributed by atoms with E-state index in [0.29, 0.717) is 34.1 Å². The van der Waals surface area contributed by atoms with Gasteiger partial charge in [0.1, 0.15) is 18.2 Å². The van der Waals surface area contributed by atoms with Crippen molar-refractivity contribution in [3.63, 3.8) is 0 Å². The molecule has 0 spiro atoms. The van der Waals surface area contributed by atoms with Gasteiger partial charge in [-0.1, -0.05) is 31.5 Å². The van der Waals surface area contributed by atoms with Gasteiger partial charge in [-0.15, -0.1) is 0 Å². The molecule has 1 aromatic heterocycles. The molecular formula is C23H25ClN2O3. The molecule has 0 bridgehead atoms. The van der Waals surface area contributed by atoms with Crippen molar-refractivity contribution in [1.29, 1.82) is 0 Å². The molecule has 0 radical (unpaired) electrons. The molecule has 0 amide bonds.